The minimum Gasteiger partial charge on any atom is -0.353 e. The molecular formula is C15H20N6. The lowest BCUT2D eigenvalue weighted by molar-refractivity contribution is 0.629. The topological polar surface area (TPSA) is 71.2 Å². The predicted molar refractivity (Wildman–Crippen MR) is 83.3 cm³/mol. The summed E-state index contributed by atoms with van der Waals surface area (Å²) in [5.41, 5.74) is 7.14. The maximum absolute atomic E-state index is 6.04. The Morgan fingerprint density at radius 2 is 1.57 bits per heavy atom. The summed E-state index contributed by atoms with van der Waals surface area (Å²) in [6, 6.07) is 5.82. The van der Waals surface area contributed by atoms with Crippen LogP contribution in [-0.4, -0.2) is 41.1 Å². The molecule has 0 amide bonds. The van der Waals surface area contributed by atoms with Gasteiger partial charge < -0.3 is 15.5 Å². The molecule has 0 spiro atoms. The fraction of sp³-hybridized carbons (Fsp3) is 0.400. The predicted octanol–water partition coefficient (Wildman–Crippen LogP) is 1.22. The summed E-state index contributed by atoms with van der Waals surface area (Å²) in [6.45, 7) is 5.57. The van der Waals surface area contributed by atoms with E-state index >= 15 is 0 Å². The highest BCUT2D eigenvalue weighted by Gasteiger charge is 2.22. The second-order valence-corrected chi connectivity index (χ2v) is 5.23. The molecule has 2 N–H and O–H groups in total. The van der Waals surface area contributed by atoms with Gasteiger partial charge in [-0.1, -0.05) is 6.07 Å². The zero-order valence-electron chi connectivity index (χ0n) is 12.2. The van der Waals surface area contributed by atoms with Crippen molar-refractivity contribution in [1.82, 2.24) is 15.0 Å². The summed E-state index contributed by atoms with van der Waals surface area (Å²) in [4.78, 5) is 17.6. The van der Waals surface area contributed by atoms with E-state index in [9.17, 15) is 0 Å². The normalized spacial score (nSPS) is 16.9. The average molecular weight is 284 g/mol. The van der Waals surface area contributed by atoms with Gasteiger partial charge in [0.05, 0.1) is 0 Å². The van der Waals surface area contributed by atoms with Crippen molar-refractivity contribution >= 4 is 11.8 Å². The van der Waals surface area contributed by atoms with Crippen LogP contribution in [0.3, 0.4) is 0 Å². The monoisotopic (exact) mass is 284 g/mol. The zero-order valence-corrected chi connectivity index (χ0v) is 12.2. The quantitative estimate of drug-likeness (QED) is 0.913. The molecule has 0 saturated carbocycles. The molecule has 0 aliphatic carbocycles. The second-order valence-electron chi connectivity index (χ2n) is 5.23. The summed E-state index contributed by atoms with van der Waals surface area (Å²) in [7, 11) is 0. The van der Waals surface area contributed by atoms with Gasteiger partial charge in [0.25, 0.3) is 0 Å². The number of hydrogen-bond acceptors (Lipinski definition) is 6. The van der Waals surface area contributed by atoms with Crippen LogP contribution >= 0.6 is 0 Å². The van der Waals surface area contributed by atoms with Crippen LogP contribution < -0.4 is 15.5 Å². The van der Waals surface area contributed by atoms with Crippen molar-refractivity contribution in [3.8, 4) is 0 Å². The standard InChI is InChI=1S/C15H20N6/c1-12(16)13-4-2-5-17-14(13)20-8-10-21(11-9-20)15-18-6-3-7-19-15/h2-7,12H,8-11,16H2,1H3/t12-/m0/s1. The number of rotatable bonds is 3. The first-order valence-corrected chi connectivity index (χ1v) is 7.23. The molecule has 1 aliphatic heterocycles. The largest absolute Gasteiger partial charge is 0.353 e. The van der Waals surface area contributed by atoms with Gasteiger partial charge in [-0.3, -0.25) is 0 Å². The molecule has 0 aromatic carbocycles. The summed E-state index contributed by atoms with van der Waals surface area (Å²) in [5.74, 6) is 1.80. The van der Waals surface area contributed by atoms with Gasteiger partial charge in [0.1, 0.15) is 5.82 Å². The molecule has 0 radical (unpaired) electrons. The van der Waals surface area contributed by atoms with Crippen molar-refractivity contribution in [2.24, 2.45) is 5.73 Å². The molecule has 2 aromatic rings. The number of pyridine rings is 1. The molecular weight excluding hydrogens is 264 g/mol. The van der Waals surface area contributed by atoms with E-state index in [0.717, 1.165) is 43.5 Å². The lowest BCUT2D eigenvalue weighted by atomic mass is 10.1. The first-order chi connectivity index (χ1) is 10.3. The van der Waals surface area contributed by atoms with E-state index < -0.39 is 0 Å². The van der Waals surface area contributed by atoms with Gasteiger partial charge in [0.2, 0.25) is 5.95 Å². The second kappa shape index (κ2) is 6.05. The van der Waals surface area contributed by atoms with Crippen molar-refractivity contribution in [1.29, 1.82) is 0 Å². The minimum absolute atomic E-state index is 0.0100. The van der Waals surface area contributed by atoms with E-state index in [2.05, 4.69) is 30.8 Å². The van der Waals surface area contributed by atoms with E-state index in [-0.39, 0.29) is 6.04 Å². The van der Waals surface area contributed by atoms with Crippen LogP contribution in [0.5, 0.6) is 0 Å². The van der Waals surface area contributed by atoms with Crippen LogP contribution in [-0.2, 0) is 0 Å². The van der Waals surface area contributed by atoms with Gasteiger partial charge in [-0.15, -0.1) is 0 Å². The van der Waals surface area contributed by atoms with Crippen molar-refractivity contribution in [2.75, 3.05) is 36.0 Å². The third-order valence-electron chi connectivity index (χ3n) is 3.72. The number of aromatic nitrogens is 3. The van der Waals surface area contributed by atoms with E-state index in [1.165, 1.54) is 0 Å². The third-order valence-corrected chi connectivity index (χ3v) is 3.72. The first-order valence-electron chi connectivity index (χ1n) is 7.23. The smallest absolute Gasteiger partial charge is 0.225 e. The van der Waals surface area contributed by atoms with Crippen molar-refractivity contribution in [3.05, 3.63) is 42.4 Å². The lowest BCUT2D eigenvalue weighted by Gasteiger charge is -2.36. The maximum Gasteiger partial charge on any atom is 0.225 e. The third kappa shape index (κ3) is 2.95. The van der Waals surface area contributed by atoms with E-state index in [4.69, 9.17) is 5.73 Å². The van der Waals surface area contributed by atoms with Crippen LogP contribution in [0.2, 0.25) is 0 Å². The van der Waals surface area contributed by atoms with E-state index in [1.807, 2.05) is 25.3 Å². The van der Waals surface area contributed by atoms with Gasteiger partial charge in [0.15, 0.2) is 0 Å². The molecule has 6 heteroatoms. The molecule has 21 heavy (non-hydrogen) atoms. The number of anilines is 2. The average Bonchev–Trinajstić information content (AvgIpc) is 2.56. The van der Waals surface area contributed by atoms with Gasteiger partial charge >= 0.3 is 0 Å². The van der Waals surface area contributed by atoms with Crippen molar-refractivity contribution in [2.45, 2.75) is 13.0 Å². The fourth-order valence-electron chi connectivity index (χ4n) is 2.60. The SMILES string of the molecule is C[C@H](N)c1cccnc1N1CCN(c2ncccn2)CC1. The Morgan fingerprint density at radius 3 is 2.24 bits per heavy atom. The van der Waals surface area contributed by atoms with Crippen molar-refractivity contribution in [3.63, 3.8) is 0 Å². The molecule has 1 saturated heterocycles. The molecule has 1 atom stereocenters. The van der Waals surface area contributed by atoms with Crippen molar-refractivity contribution < 1.29 is 0 Å². The lowest BCUT2D eigenvalue weighted by Crippen LogP contribution is -2.47. The molecule has 0 bridgehead atoms. The fourth-order valence-corrected chi connectivity index (χ4v) is 2.60. The highest BCUT2D eigenvalue weighted by Crippen LogP contribution is 2.23. The highest BCUT2D eigenvalue weighted by molar-refractivity contribution is 5.50. The van der Waals surface area contributed by atoms with Gasteiger partial charge in [-0.25, -0.2) is 15.0 Å². The Kier molecular flexibility index (Phi) is 3.96. The van der Waals surface area contributed by atoms with Crippen LogP contribution in [0.15, 0.2) is 36.8 Å². The Labute approximate surface area is 124 Å². The molecule has 1 aliphatic rings. The number of nitrogens with two attached hydrogens (primary N) is 1. The highest BCUT2D eigenvalue weighted by atomic mass is 15.3. The van der Waals surface area contributed by atoms with Crippen LogP contribution in [0.25, 0.3) is 0 Å². The summed E-state index contributed by atoms with van der Waals surface area (Å²) < 4.78 is 0. The molecule has 2 aromatic heterocycles. The Hall–Kier alpha value is -2.21. The molecule has 0 unspecified atom stereocenters. The summed E-state index contributed by atoms with van der Waals surface area (Å²) >= 11 is 0. The van der Waals surface area contributed by atoms with E-state index in [0.29, 0.717) is 0 Å². The maximum atomic E-state index is 6.04. The summed E-state index contributed by atoms with van der Waals surface area (Å²) in [5, 5.41) is 0. The number of piperazine rings is 1. The zero-order chi connectivity index (χ0) is 14.7. The van der Waals surface area contributed by atoms with Gasteiger partial charge in [-0.2, -0.15) is 0 Å². The Balaban J connectivity index is 1.72. The molecule has 6 nitrogen and oxygen atoms in total. The minimum atomic E-state index is -0.0100. The van der Waals surface area contributed by atoms with E-state index in [1.54, 1.807) is 12.4 Å². The Bertz CT molecular complexity index is 578. The molecule has 110 valence electrons. The molecule has 3 heterocycles. The number of hydrogen-bond donors (Lipinski definition) is 1. The first kappa shape index (κ1) is 13.8. The Morgan fingerprint density at radius 1 is 0.952 bits per heavy atom. The van der Waals surface area contributed by atoms with Crippen LogP contribution in [0.4, 0.5) is 11.8 Å². The van der Waals surface area contributed by atoms with Gasteiger partial charge in [-0.05, 0) is 19.1 Å². The van der Waals surface area contributed by atoms with Crippen LogP contribution in [0.1, 0.15) is 18.5 Å². The van der Waals surface area contributed by atoms with Crippen LogP contribution in [0, 0.1) is 0 Å². The number of nitrogens with zero attached hydrogens (tertiary/aromatic N) is 5. The molecule has 1 fully saturated rings. The molecule has 3 rings (SSSR count). The van der Waals surface area contributed by atoms with Gasteiger partial charge in [0, 0.05) is 56.4 Å². The summed E-state index contributed by atoms with van der Waals surface area (Å²) in [6.07, 6.45) is 5.39.